The molecule has 0 saturated carbocycles. The Bertz CT molecular complexity index is 44.9. The maximum atomic E-state index is 4.45. The Labute approximate surface area is 53.1 Å². The molecule has 0 fully saturated rings. The molecule has 4 heteroatoms. The van der Waals surface area contributed by atoms with Crippen molar-refractivity contribution in [2.75, 3.05) is 0 Å². The van der Waals surface area contributed by atoms with Crippen LogP contribution in [0.4, 0.5) is 0 Å². The summed E-state index contributed by atoms with van der Waals surface area (Å²) in [5.41, 5.74) is 0. The summed E-state index contributed by atoms with van der Waals surface area (Å²) in [7, 11) is 0. The van der Waals surface area contributed by atoms with Crippen molar-refractivity contribution in [1.82, 2.24) is 3.88 Å². The van der Waals surface area contributed by atoms with Crippen LogP contribution in [0.25, 0.3) is 0 Å². The number of hydrogen-bond acceptors (Lipinski definition) is 1. The topological polar surface area (TPSA) is 12.0 Å². The molecule has 0 amide bonds. The van der Waals surface area contributed by atoms with Gasteiger partial charge in [0, 0.05) is 0 Å². The average molecular weight is 188 g/mol. The molecule has 0 aromatic rings. The monoisotopic (exact) mass is 190 g/mol. The van der Waals surface area contributed by atoms with Crippen LogP contribution in [0.5, 0.6) is 0 Å². The maximum absolute atomic E-state index is 4.45. The molecular weight excluding hydrogens is 186 g/mol. The van der Waals surface area contributed by atoms with Gasteiger partial charge in [0.2, 0.25) is 0 Å². The Morgan fingerprint density at radius 1 is 2.00 bits per heavy atom. The van der Waals surface area contributed by atoms with Gasteiger partial charge in [-0.2, -0.15) is 0 Å². The van der Waals surface area contributed by atoms with Gasteiger partial charge in [-0.1, -0.05) is 0 Å². The Kier molecular flexibility index (Phi) is 3.71. The van der Waals surface area contributed by atoms with E-state index < -0.39 is 0 Å². The summed E-state index contributed by atoms with van der Waals surface area (Å²) in [5, 5.41) is 0. The number of thiocarbonyl (C=S) groups is 1. The summed E-state index contributed by atoms with van der Waals surface area (Å²) in [6.45, 7) is 0. The number of hydrogen-bond donors (Lipinski definition) is 2. The molecule has 5 heavy (non-hydrogen) atoms. The van der Waals surface area contributed by atoms with Gasteiger partial charge in [0.1, 0.15) is 0 Å². The molecule has 1 N–H and O–H groups in total. The van der Waals surface area contributed by atoms with Gasteiger partial charge in [-0.3, -0.25) is 0 Å². The third-order valence-electron chi connectivity index (χ3n) is 0.0873. The van der Waals surface area contributed by atoms with Crippen LogP contribution in [0.1, 0.15) is 0 Å². The zero-order valence-corrected chi connectivity index (χ0v) is 5.98. The van der Waals surface area contributed by atoms with Gasteiger partial charge in [0.25, 0.3) is 0 Å². The molecule has 0 unspecified atom stereocenters. The molecule has 0 aliphatic heterocycles. The van der Waals surface area contributed by atoms with Crippen LogP contribution < -0.4 is 3.88 Å². The first-order valence-electron chi connectivity index (χ1n) is 0.882. The van der Waals surface area contributed by atoms with E-state index in [0.29, 0.717) is 4.32 Å². The molecule has 0 radical (unpaired) electrons. The Morgan fingerprint density at radius 3 is 2.20 bits per heavy atom. The second-order valence-electron chi connectivity index (χ2n) is 0.407. The zero-order valence-electron chi connectivity index (χ0n) is 2.26. The fraction of sp³-hybridized carbons (Fsp3) is 0. The van der Waals surface area contributed by atoms with Gasteiger partial charge in [-0.15, -0.1) is 0 Å². The summed E-state index contributed by atoms with van der Waals surface area (Å²) < 4.78 is 3.17. The molecule has 0 atom stereocenters. The molecule has 0 heterocycles. The van der Waals surface area contributed by atoms with E-state index in [4.69, 9.17) is 0 Å². The van der Waals surface area contributed by atoms with E-state index in [9.17, 15) is 0 Å². The van der Waals surface area contributed by atoms with Crippen LogP contribution in [0.2, 0.25) is 0 Å². The first-order valence-corrected chi connectivity index (χ1v) is 2.74. The van der Waals surface area contributed by atoms with E-state index in [1.165, 1.54) is 0 Å². The molecule has 29 valence electrons. The van der Waals surface area contributed by atoms with Crippen molar-refractivity contribution in [2.45, 2.75) is 0 Å². The molecule has 0 spiro atoms. The molecule has 0 rings (SSSR count). The van der Waals surface area contributed by atoms with Crippen molar-refractivity contribution in [3.8, 4) is 0 Å². The fourth-order valence-corrected chi connectivity index (χ4v) is 0. The number of nitrogens with one attached hydrogen (secondary N) is 1. The van der Waals surface area contributed by atoms with Crippen molar-refractivity contribution >= 4 is 29.2 Å². The minimum absolute atomic E-state index is 0.537. The standard InChI is InChI=1S/CH3NS2.Mo/c2-1(3)4;/h(H3,2,3,4);/q;+1/p-1. The summed E-state index contributed by atoms with van der Waals surface area (Å²) in [4.78, 5) is 0. The predicted molar refractivity (Wildman–Crippen MR) is 24.7 cm³/mol. The summed E-state index contributed by atoms with van der Waals surface area (Å²) >= 11 is 9.85. The Hall–Kier alpha value is 0.928. The van der Waals surface area contributed by atoms with Crippen molar-refractivity contribution in [1.29, 1.82) is 0 Å². The van der Waals surface area contributed by atoms with Gasteiger partial charge >= 0.3 is 53.1 Å². The van der Waals surface area contributed by atoms with Crippen LogP contribution in [0.15, 0.2) is 0 Å². The molecular formula is CH2MoNS2. The third kappa shape index (κ3) is 4.93. The molecule has 0 aliphatic rings. The molecule has 0 aliphatic carbocycles. The average Bonchev–Trinajstić information content (AvgIpc) is 1.38. The van der Waals surface area contributed by atoms with Crippen molar-refractivity contribution in [3.63, 3.8) is 0 Å². The SMILES string of the molecule is S=C(S)[NH][Mo]. The first-order chi connectivity index (χ1) is 2.27. The minimum atomic E-state index is 0.537. The third-order valence-corrected chi connectivity index (χ3v) is 1.55. The summed E-state index contributed by atoms with van der Waals surface area (Å²) in [6, 6.07) is 0. The van der Waals surface area contributed by atoms with Gasteiger partial charge in [0.15, 0.2) is 0 Å². The molecule has 0 bridgehead atoms. The van der Waals surface area contributed by atoms with Crippen molar-refractivity contribution in [3.05, 3.63) is 0 Å². The van der Waals surface area contributed by atoms with Crippen LogP contribution in [0, 0.1) is 0 Å². The van der Waals surface area contributed by atoms with Gasteiger partial charge in [0.05, 0.1) is 0 Å². The van der Waals surface area contributed by atoms with Gasteiger partial charge < -0.3 is 0 Å². The number of thiol groups is 1. The van der Waals surface area contributed by atoms with E-state index in [0.717, 1.165) is 0 Å². The van der Waals surface area contributed by atoms with Crippen molar-refractivity contribution in [2.24, 2.45) is 0 Å². The molecule has 0 saturated heterocycles. The van der Waals surface area contributed by atoms with Crippen LogP contribution in [-0.2, 0) is 20.1 Å². The second-order valence-corrected chi connectivity index (χ2v) is 2.07. The molecule has 0 aromatic carbocycles. The second kappa shape index (κ2) is 3.13. The van der Waals surface area contributed by atoms with E-state index in [1.54, 1.807) is 20.1 Å². The fourth-order valence-electron chi connectivity index (χ4n) is 0. The van der Waals surface area contributed by atoms with Crippen LogP contribution >= 0.6 is 24.8 Å². The summed E-state index contributed by atoms with van der Waals surface area (Å²) in [5.74, 6) is 0. The van der Waals surface area contributed by atoms with Crippen molar-refractivity contribution < 1.29 is 20.1 Å². The van der Waals surface area contributed by atoms with E-state index >= 15 is 0 Å². The van der Waals surface area contributed by atoms with Crippen LogP contribution in [0.3, 0.4) is 0 Å². The predicted octanol–water partition coefficient (Wildman–Crippen LogP) is 0.253. The zero-order chi connectivity index (χ0) is 4.28. The quantitative estimate of drug-likeness (QED) is 0.321. The van der Waals surface area contributed by atoms with E-state index in [-0.39, 0.29) is 0 Å². The van der Waals surface area contributed by atoms with Crippen LogP contribution in [-0.4, -0.2) is 4.32 Å². The molecule has 1 nitrogen and oxygen atoms in total. The van der Waals surface area contributed by atoms with E-state index in [2.05, 4.69) is 28.7 Å². The Balaban J connectivity index is 2.85. The first kappa shape index (κ1) is 5.93. The van der Waals surface area contributed by atoms with Gasteiger partial charge in [-0.05, 0) is 0 Å². The summed E-state index contributed by atoms with van der Waals surface area (Å²) in [6.07, 6.45) is 0. The normalized spacial score (nSPS) is 6.60. The molecule has 0 aromatic heterocycles. The Morgan fingerprint density at radius 2 is 2.20 bits per heavy atom. The van der Waals surface area contributed by atoms with E-state index in [1.807, 2.05) is 0 Å². The number of rotatable bonds is 0. The van der Waals surface area contributed by atoms with Gasteiger partial charge in [-0.25, -0.2) is 0 Å².